The number of rotatable bonds is 4. The molecule has 0 amide bonds. The highest BCUT2D eigenvalue weighted by molar-refractivity contribution is 6.29. The summed E-state index contributed by atoms with van der Waals surface area (Å²) in [6.45, 7) is 2.96. The molecule has 0 unspecified atom stereocenters. The minimum absolute atomic E-state index is 0.168. The number of nitrogens with one attached hydrogen (secondary N) is 1. The second-order valence-electron chi connectivity index (χ2n) is 5.21. The first kappa shape index (κ1) is 13.1. The molecule has 1 fully saturated rings. The maximum Gasteiger partial charge on any atom is 0.339 e. The number of nitrogens with zero attached hydrogens (tertiary/aromatic N) is 1. The van der Waals surface area contributed by atoms with Crippen molar-refractivity contribution in [3.05, 3.63) is 22.8 Å². The number of carboxylic acid groups (broad SMARTS) is 1. The summed E-state index contributed by atoms with van der Waals surface area (Å²) in [7, 11) is 0. The number of anilines is 1. The molecule has 1 heterocycles. The predicted octanol–water partition coefficient (Wildman–Crippen LogP) is 3.43. The minimum Gasteiger partial charge on any atom is -0.478 e. The molecule has 2 N–H and O–H groups in total. The third-order valence-electron chi connectivity index (χ3n) is 3.58. The summed E-state index contributed by atoms with van der Waals surface area (Å²) in [5.41, 5.74) is 0.403. The van der Waals surface area contributed by atoms with Crippen molar-refractivity contribution < 1.29 is 9.90 Å². The Morgan fingerprint density at radius 2 is 2.17 bits per heavy atom. The third-order valence-corrected chi connectivity index (χ3v) is 3.80. The summed E-state index contributed by atoms with van der Waals surface area (Å²) in [6, 6.07) is 2.98. The largest absolute Gasteiger partial charge is 0.478 e. The molecule has 0 aliphatic heterocycles. The van der Waals surface area contributed by atoms with E-state index >= 15 is 0 Å². The molecule has 0 radical (unpaired) electrons. The molecular formula is C13H17ClN2O2. The van der Waals surface area contributed by atoms with Gasteiger partial charge >= 0.3 is 5.97 Å². The Hall–Kier alpha value is -1.29. The lowest BCUT2D eigenvalue weighted by atomic mass is 9.89. The van der Waals surface area contributed by atoms with Crippen LogP contribution >= 0.6 is 11.6 Å². The SMILES string of the molecule is CC1(CNc2nc(Cl)ccc2C(=O)O)CCCC1. The van der Waals surface area contributed by atoms with Crippen LogP contribution in [0.3, 0.4) is 0 Å². The summed E-state index contributed by atoms with van der Waals surface area (Å²) in [5, 5.41) is 12.5. The molecule has 1 aromatic heterocycles. The minimum atomic E-state index is -0.988. The summed E-state index contributed by atoms with van der Waals surface area (Å²) in [6.07, 6.45) is 4.83. The Balaban J connectivity index is 2.12. The van der Waals surface area contributed by atoms with Crippen LogP contribution in [0.5, 0.6) is 0 Å². The van der Waals surface area contributed by atoms with Crippen LogP contribution in [-0.4, -0.2) is 22.6 Å². The van der Waals surface area contributed by atoms with Crippen molar-refractivity contribution in [3.63, 3.8) is 0 Å². The fourth-order valence-electron chi connectivity index (χ4n) is 2.45. The number of aromatic nitrogens is 1. The standard InChI is InChI=1S/C13H17ClN2O2/c1-13(6-2-3-7-13)8-15-11-9(12(17)18)4-5-10(14)16-11/h4-5H,2-3,6-8H2,1H3,(H,15,16)(H,17,18). The van der Waals surface area contributed by atoms with E-state index in [-0.39, 0.29) is 11.0 Å². The van der Waals surface area contributed by atoms with Gasteiger partial charge in [-0.25, -0.2) is 9.78 Å². The Labute approximate surface area is 111 Å². The number of carbonyl (C=O) groups is 1. The van der Waals surface area contributed by atoms with Crippen molar-refractivity contribution in [1.82, 2.24) is 4.98 Å². The van der Waals surface area contributed by atoms with Crippen LogP contribution in [0.2, 0.25) is 5.15 Å². The van der Waals surface area contributed by atoms with Crippen LogP contribution in [0.4, 0.5) is 5.82 Å². The highest BCUT2D eigenvalue weighted by Gasteiger charge is 2.28. The lowest BCUT2D eigenvalue weighted by molar-refractivity contribution is 0.0697. The van der Waals surface area contributed by atoms with Gasteiger partial charge in [0.25, 0.3) is 0 Å². The molecule has 0 spiro atoms. The molecule has 0 aromatic carbocycles. The number of hydrogen-bond donors (Lipinski definition) is 2. The molecule has 1 aromatic rings. The summed E-state index contributed by atoms with van der Waals surface area (Å²) < 4.78 is 0. The van der Waals surface area contributed by atoms with E-state index in [4.69, 9.17) is 16.7 Å². The summed E-state index contributed by atoms with van der Waals surface area (Å²) >= 11 is 5.81. The van der Waals surface area contributed by atoms with Gasteiger partial charge in [0.05, 0.1) is 0 Å². The molecule has 2 rings (SSSR count). The zero-order valence-electron chi connectivity index (χ0n) is 10.4. The van der Waals surface area contributed by atoms with Gasteiger partial charge in [0.1, 0.15) is 16.5 Å². The third kappa shape index (κ3) is 2.93. The number of carboxylic acids is 1. The molecule has 1 aliphatic rings. The highest BCUT2D eigenvalue weighted by atomic mass is 35.5. The normalized spacial score (nSPS) is 17.7. The van der Waals surface area contributed by atoms with E-state index in [0.717, 1.165) is 6.54 Å². The van der Waals surface area contributed by atoms with Crippen molar-refractivity contribution in [3.8, 4) is 0 Å². The molecule has 5 heteroatoms. The second-order valence-corrected chi connectivity index (χ2v) is 5.59. The predicted molar refractivity (Wildman–Crippen MR) is 71.3 cm³/mol. The molecule has 18 heavy (non-hydrogen) atoms. The maximum atomic E-state index is 11.1. The quantitative estimate of drug-likeness (QED) is 0.822. The topological polar surface area (TPSA) is 62.2 Å². The molecule has 0 atom stereocenters. The molecule has 1 saturated carbocycles. The number of pyridine rings is 1. The van der Waals surface area contributed by atoms with Crippen molar-refractivity contribution in [2.75, 3.05) is 11.9 Å². The molecule has 98 valence electrons. The molecule has 4 nitrogen and oxygen atoms in total. The smallest absolute Gasteiger partial charge is 0.339 e. The maximum absolute atomic E-state index is 11.1. The first-order valence-corrected chi connectivity index (χ1v) is 6.52. The lowest BCUT2D eigenvalue weighted by Gasteiger charge is -2.24. The zero-order chi connectivity index (χ0) is 13.2. The van der Waals surface area contributed by atoms with E-state index in [9.17, 15) is 4.79 Å². The van der Waals surface area contributed by atoms with E-state index in [1.165, 1.54) is 37.8 Å². The van der Waals surface area contributed by atoms with Gasteiger partial charge < -0.3 is 10.4 Å². The van der Waals surface area contributed by atoms with Crippen LogP contribution < -0.4 is 5.32 Å². The second kappa shape index (κ2) is 5.14. The van der Waals surface area contributed by atoms with E-state index < -0.39 is 5.97 Å². The van der Waals surface area contributed by atoms with Gasteiger partial charge in [-0.3, -0.25) is 0 Å². The van der Waals surface area contributed by atoms with Gasteiger partial charge in [-0.2, -0.15) is 0 Å². The molecule has 1 aliphatic carbocycles. The van der Waals surface area contributed by atoms with Crippen LogP contribution in [-0.2, 0) is 0 Å². The Morgan fingerprint density at radius 3 is 2.78 bits per heavy atom. The van der Waals surface area contributed by atoms with Crippen LogP contribution in [0.1, 0.15) is 43.0 Å². The fraction of sp³-hybridized carbons (Fsp3) is 0.538. The van der Waals surface area contributed by atoms with Gasteiger partial charge in [0.2, 0.25) is 0 Å². The van der Waals surface area contributed by atoms with Crippen molar-refractivity contribution in [1.29, 1.82) is 0 Å². The van der Waals surface area contributed by atoms with Crippen molar-refractivity contribution in [2.45, 2.75) is 32.6 Å². The Bertz CT molecular complexity index is 456. The van der Waals surface area contributed by atoms with Gasteiger partial charge in [0.15, 0.2) is 0 Å². The van der Waals surface area contributed by atoms with Gasteiger partial charge in [-0.05, 0) is 30.4 Å². The average Bonchev–Trinajstić information content (AvgIpc) is 2.74. The van der Waals surface area contributed by atoms with E-state index in [0.29, 0.717) is 11.0 Å². The fourth-order valence-corrected chi connectivity index (χ4v) is 2.59. The molecular weight excluding hydrogens is 252 g/mol. The highest BCUT2D eigenvalue weighted by Crippen LogP contribution is 2.37. The number of halogens is 1. The number of hydrogen-bond acceptors (Lipinski definition) is 3. The lowest BCUT2D eigenvalue weighted by Crippen LogP contribution is -2.24. The molecule has 0 bridgehead atoms. The monoisotopic (exact) mass is 268 g/mol. The van der Waals surface area contributed by atoms with E-state index in [1.807, 2.05) is 0 Å². The summed E-state index contributed by atoms with van der Waals surface area (Å²) in [5.74, 6) is -0.624. The Morgan fingerprint density at radius 1 is 1.50 bits per heavy atom. The van der Waals surface area contributed by atoms with Gasteiger partial charge in [0, 0.05) is 6.54 Å². The van der Waals surface area contributed by atoms with Gasteiger partial charge in [-0.15, -0.1) is 0 Å². The van der Waals surface area contributed by atoms with Crippen molar-refractivity contribution >= 4 is 23.4 Å². The first-order valence-electron chi connectivity index (χ1n) is 6.14. The van der Waals surface area contributed by atoms with Crippen LogP contribution in [0, 0.1) is 5.41 Å². The van der Waals surface area contributed by atoms with Gasteiger partial charge in [-0.1, -0.05) is 31.4 Å². The Kier molecular flexibility index (Phi) is 3.76. The van der Waals surface area contributed by atoms with E-state index in [1.54, 1.807) is 0 Å². The van der Waals surface area contributed by atoms with E-state index in [2.05, 4.69) is 17.2 Å². The average molecular weight is 269 g/mol. The van der Waals surface area contributed by atoms with Crippen molar-refractivity contribution in [2.24, 2.45) is 5.41 Å². The number of aromatic carboxylic acids is 1. The van der Waals surface area contributed by atoms with Crippen LogP contribution in [0.25, 0.3) is 0 Å². The molecule has 0 saturated heterocycles. The first-order chi connectivity index (χ1) is 8.50. The summed E-state index contributed by atoms with van der Waals surface area (Å²) in [4.78, 5) is 15.1. The van der Waals surface area contributed by atoms with Crippen LogP contribution in [0.15, 0.2) is 12.1 Å². The zero-order valence-corrected chi connectivity index (χ0v) is 11.1.